The molecule has 1 fully saturated rings. The minimum atomic E-state index is 0.638. The summed E-state index contributed by atoms with van der Waals surface area (Å²) < 4.78 is 5.69. The molecular weight excluding hydrogens is 206 g/mol. The molecule has 1 unspecified atom stereocenters. The van der Waals surface area contributed by atoms with E-state index in [1.54, 1.807) is 11.8 Å². The molecule has 0 radical (unpaired) electrons. The highest BCUT2D eigenvalue weighted by molar-refractivity contribution is 7.97. The van der Waals surface area contributed by atoms with Crippen LogP contribution in [0, 0.1) is 5.92 Å². The van der Waals surface area contributed by atoms with Gasteiger partial charge in [0.05, 0.1) is 12.3 Å². The van der Waals surface area contributed by atoms with E-state index < -0.39 is 0 Å². The molecule has 0 aliphatic heterocycles. The summed E-state index contributed by atoms with van der Waals surface area (Å²) in [5.41, 5.74) is 0. The predicted octanol–water partition coefficient (Wildman–Crippen LogP) is 3.03. The maximum absolute atomic E-state index is 5.69. The zero-order valence-corrected chi connectivity index (χ0v) is 10.3. The van der Waals surface area contributed by atoms with E-state index in [0.29, 0.717) is 6.04 Å². The fourth-order valence-electron chi connectivity index (χ4n) is 1.76. The normalized spacial score (nSPS) is 18.0. The topological polar surface area (TPSA) is 25.2 Å². The van der Waals surface area contributed by atoms with Gasteiger partial charge in [0.25, 0.3) is 0 Å². The van der Waals surface area contributed by atoms with E-state index in [2.05, 4.69) is 30.6 Å². The highest BCUT2D eigenvalue weighted by Gasteiger charge is 2.27. The van der Waals surface area contributed by atoms with Crippen molar-refractivity contribution < 1.29 is 4.42 Å². The van der Waals surface area contributed by atoms with E-state index >= 15 is 0 Å². The maximum atomic E-state index is 5.69. The Bertz CT molecular complexity index is 306. The number of hydrogen-bond donors (Lipinski definition) is 1. The Morgan fingerprint density at radius 2 is 2.20 bits per heavy atom. The molecule has 2 nitrogen and oxygen atoms in total. The SMILES string of the molecule is CSCc1ccc(CNC(C)C2CC2)o1. The number of rotatable bonds is 6. The molecule has 0 amide bonds. The molecule has 15 heavy (non-hydrogen) atoms. The Kier molecular flexibility index (Phi) is 3.76. The first-order valence-electron chi connectivity index (χ1n) is 5.59. The van der Waals surface area contributed by atoms with Crippen molar-refractivity contribution in [1.82, 2.24) is 5.32 Å². The highest BCUT2D eigenvalue weighted by Crippen LogP contribution is 2.32. The van der Waals surface area contributed by atoms with Gasteiger partial charge in [0, 0.05) is 6.04 Å². The molecule has 1 atom stereocenters. The third-order valence-electron chi connectivity index (χ3n) is 2.93. The van der Waals surface area contributed by atoms with Crippen LogP contribution in [0.2, 0.25) is 0 Å². The molecule has 1 saturated carbocycles. The van der Waals surface area contributed by atoms with Crippen LogP contribution in [0.3, 0.4) is 0 Å². The van der Waals surface area contributed by atoms with Crippen molar-refractivity contribution in [3.8, 4) is 0 Å². The number of hydrogen-bond acceptors (Lipinski definition) is 3. The molecule has 1 aromatic rings. The second-order valence-corrected chi connectivity index (χ2v) is 5.17. The molecule has 1 N–H and O–H groups in total. The number of nitrogens with one attached hydrogen (secondary N) is 1. The third-order valence-corrected chi connectivity index (χ3v) is 3.50. The molecule has 3 heteroatoms. The lowest BCUT2D eigenvalue weighted by Gasteiger charge is -2.10. The van der Waals surface area contributed by atoms with E-state index in [9.17, 15) is 0 Å². The van der Waals surface area contributed by atoms with Crippen LogP contribution in [0.15, 0.2) is 16.5 Å². The average molecular weight is 225 g/mol. The van der Waals surface area contributed by atoms with Crippen LogP contribution in [0.4, 0.5) is 0 Å². The molecule has 0 bridgehead atoms. The van der Waals surface area contributed by atoms with Gasteiger partial charge in [-0.3, -0.25) is 0 Å². The Morgan fingerprint density at radius 3 is 2.87 bits per heavy atom. The lowest BCUT2D eigenvalue weighted by Crippen LogP contribution is -2.26. The minimum Gasteiger partial charge on any atom is -0.464 e. The lowest BCUT2D eigenvalue weighted by atomic mass is 10.2. The first kappa shape index (κ1) is 11.1. The van der Waals surface area contributed by atoms with Gasteiger partial charge in [-0.05, 0) is 44.1 Å². The number of furan rings is 1. The summed E-state index contributed by atoms with van der Waals surface area (Å²) in [5.74, 6) is 4.02. The summed E-state index contributed by atoms with van der Waals surface area (Å²) in [4.78, 5) is 0. The van der Waals surface area contributed by atoms with Crippen LogP contribution in [-0.2, 0) is 12.3 Å². The lowest BCUT2D eigenvalue weighted by molar-refractivity contribution is 0.423. The molecule has 1 aliphatic carbocycles. The van der Waals surface area contributed by atoms with Crippen molar-refractivity contribution in [3.63, 3.8) is 0 Å². The van der Waals surface area contributed by atoms with Crippen molar-refractivity contribution in [3.05, 3.63) is 23.7 Å². The standard InChI is InChI=1S/C12H19NOS/c1-9(10-3-4-10)13-7-11-5-6-12(14-11)8-15-2/h5-6,9-10,13H,3-4,7-8H2,1-2H3. The van der Waals surface area contributed by atoms with E-state index in [-0.39, 0.29) is 0 Å². The van der Waals surface area contributed by atoms with Crippen molar-refractivity contribution in [1.29, 1.82) is 0 Å². The summed E-state index contributed by atoms with van der Waals surface area (Å²) in [6, 6.07) is 4.80. The van der Waals surface area contributed by atoms with E-state index in [0.717, 1.165) is 29.7 Å². The van der Waals surface area contributed by atoms with Gasteiger partial charge in [-0.1, -0.05) is 0 Å². The van der Waals surface area contributed by atoms with Gasteiger partial charge in [0.15, 0.2) is 0 Å². The van der Waals surface area contributed by atoms with E-state index in [1.807, 2.05) is 0 Å². The van der Waals surface area contributed by atoms with Crippen LogP contribution in [0.1, 0.15) is 31.3 Å². The van der Waals surface area contributed by atoms with Crippen LogP contribution < -0.4 is 5.32 Å². The smallest absolute Gasteiger partial charge is 0.118 e. The maximum Gasteiger partial charge on any atom is 0.118 e. The van der Waals surface area contributed by atoms with Crippen molar-refractivity contribution >= 4 is 11.8 Å². The Labute approximate surface area is 95.8 Å². The molecule has 0 saturated heterocycles. The first-order chi connectivity index (χ1) is 7.29. The molecule has 0 spiro atoms. The van der Waals surface area contributed by atoms with Crippen LogP contribution >= 0.6 is 11.8 Å². The van der Waals surface area contributed by atoms with Crippen molar-refractivity contribution in [2.24, 2.45) is 5.92 Å². The average Bonchev–Trinajstić information content (AvgIpc) is 2.98. The number of thioether (sulfide) groups is 1. The van der Waals surface area contributed by atoms with Crippen LogP contribution in [0.25, 0.3) is 0 Å². The molecule has 2 rings (SSSR count). The summed E-state index contributed by atoms with van der Waals surface area (Å²) >= 11 is 1.79. The zero-order valence-electron chi connectivity index (χ0n) is 9.45. The molecule has 0 aromatic carbocycles. The molecule has 84 valence electrons. The van der Waals surface area contributed by atoms with Crippen LogP contribution in [-0.4, -0.2) is 12.3 Å². The fraction of sp³-hybridized carbons (Fsp3) is 0.667. The van der Waals surface area contributed by atoms with Gasteiger partial charge >= 0.3 is 0 Å². The Balaban J connectivity index is 1.76. The molecule has 1 aromatic heterocycles. The van der Waals surface area contributed by atoms with Crippen molar-refractivity contribution in [2.75, 3.05) is 6.26 Å². The second-order valence-electron chi connectivity index (χ2n) is 4.31. The zero-order chi connectivity index (χ0) is 10.7. The summed E-state index contributed by atoms with van der Waals surface area (Å²) in [7, 11) is 0. The van der Waals surface area contributed by atoms with Crippen LogP contribution in [0.5, 0.6) is 0 Å². The van der Waals surface area contributed by atoms with Gasteiger partial charge in [-0.15, -0.1) is 0 Å². The fourth-order valence-corrected chi connectivity index (χ4v) is 2.20. The van der Waals surface area contributed by atoms with Gasteiger partial charge in [-0.2, -0.15) is 11.8 Å². The van der Waals surface area contributed by atoms with E-state index in [4.69, 9.17) is 4.42 Å². The summed E-state index contributed by atoms with van der Waals surface area (Å²) in [6.07, 6.45) is 4.88. The van der Waals surface area contributed by atoms with Gasteiger partial charge in [0.2, 0.25) is 0 Å². The minimum absolute atomic E-state index is 0.638. The summed E-state index contributed by atoms with van der Waals surface area (Å²) in [5, 5.41) is 3.52. The largest absolute Gasteiger partial charge is 0.464 e. The molecule has 1 aliphatic rings. The second kappa shape index (κ2) is 5.08. The Hall–Kier alpha value is -0.410. The summed E-state index contributed by atoms with van der Waals surface area (Å²) in [6.45, 7) is 3.13. The van der Waals surface area contributed by atoms with Gasteiger partial charge < -0.3 is 9.73 Å². The third kappa shape index (κ3) is 3.28. The highest BCUT2D eigenvalue weighted by atomic mass is 32.2. The van der Waals surface area contributed by atoms with Gasteiger partial charge in [-0.25, -0.2) is 0 Å². The Morgan fingerprint density at radius 1 is 1.47 bits per heavy atom. The first-order valence-corrected chi connectivity index (χ1v) is 6.99. The monoisotopic (exact) mass is 225 g/mol. The molecular formula is C12H19NOS. The van der Waals surface area contributed by atoms with E-state index in [1.165, 1.54) is 12.8 Å². The quantitative estimate of drug-likeness (QED) is 0.805. The predicted molar refractivity (Wildman–Crippen MR) is 65.0 cm³/mol. The molecule has 1 heterocycles. The van der Waals surface area contributed by atoms with Gasteiger partial charge in [0.1, 0.15) is 11.5 Å². The van der Waals surface area contributed by atoms with Crippen molar-refractivity contribution in [2.45, 2.75) is 38.1 Å².